The van der Waals surface area contributed by atoms with Crippen molar-refractivity contribution in [2.24, 2.45) is 5.41 Å². The van der Waals surface area contributed by atoms with Crippen LogP contribution in [0.4, 0.5) is 0 Å². The third kappa shape index (κ3) is 6.75. The van der Waals surface area contributed by atoms with Crippen LogP contribution in [0.3, 0.4) is 0 Å². The molecule has 0 aromatic heterocycles. The molecule has 0 amide bonds. The topological polar surface area (TPSA) is 52.6 Å². The second kappa shape index (κ2) is 12.1. The fourth-order valence-electron chi connectivity index (χ4n) is 2.83. The minimum Gasteiger partial charge on any atom is -0.465 e. The van der Waals surface area contributed by atoms with Gasteiger partial charge >= 0.3 is 11.9 Å². The normalized spacial score (nSPS) is 11.2. The molecule has 0 aliphatic carbocycles. The molecule has 0 radical (unpaired) electrons. The van der Waals surface area contributed by atoms with Crippen LogP contribution in [-0.2, 0) is 25.7 Å². The first kappa shape index (κ1) is 22.7. The van der Waals surface area contributed by atoms with Crippen LogP contribution in [-0.4, -0.2) is 18.5 Å². The highest BCUT2D eigenvalue weighted by Crippen LogP contribution is 2.31. The van der Waals surface area contributed by atoms with Gasteiger partial charge in [-0.2, -0.15) is 0 Å². The number of ether oxygens (including phenoxy) is 2. The number of esters is 2. The van der Waals surface area contributed by atoms with Gasteiger partial charge in [-0.25, -0.2) is 0 Å². The Kier molecular flexibility index (Phi) is 10.6. The summed E-state index contributed by atoms with van der Waals surface area (Å²) in [5, 5.41) is 0. The van der Waals surface area contributed by atoms with E-state index in [2.05, 4.69) is 22.9 Å². The van der Waals surface area contributed by atoms with Crippen molar-refractivity contribution in [2.75, 3.05) is 6.61 Å². The predicted molar refractivity (Wildman–Crippen MR) is 107 cm³/mol. The SMILES string of the molecule is CCCCCCCOC(=O)C(CC)(CC)C(=O)OCc1cccc(Br)c1. The van der Waals surface area contributed by atoms with Crippen LogP contribution in [0.15, 0.2) is 28.7 Å². The van der Waals surface area contributed by atoms with Crippen molar-refractivity contribution in [2.45, 2.75) is 72.3 Å². The molecule has 146 valence electrons. The molecule has 0 heterocycles. The molecular weight excluding hydrogens is 396 g/mol. The van der Waals surface area contributed by atoms with Gasteiger partial charge in [0.25, 0.3) is 0 Å². The van der Waals surface area contributed by atoms with E-state index < -0.39 is 17.4 Å². The van der Waals surface area contributed by atoms with Crippen molar-refractivity contribution < 1.29 is 19.1 Å². The number of carbonyl (C=O) groups is 2. The Morgan fingerprint density at radius 3 is 2.23 bits per heavy atom. The molecule has 0 aliphatic heterocycles. The van der Waals surface area contributed by atoms with Gasteiger partial charge in [-0.1, -0.05) is 74.5 Å². The maximum Gasteiger partial charge on any atom is 0.323 e. The monoisotopic (exact) mass is 426 g/mol. The summed E-state index contributed by atoms with van der Waals surface area (Å²) in [5.41, 5.74) is -0.340. The molecule has 0 aliphatic rings. The van der Waals surface area contributed by atoms with Gasteiger partial charge in [-0.15, -0.1) is 0 Å². The van der Waals surface area contributed by atoms with Crippen molar-refractivity contribution in [1.29, 1.82) is 0 Å². The zero-order chi connectivity index (χ0) is 19.4. The molecule has 1 aromatic rings. The second-order valence-electron chi connectivity index (χ2n) is 6.55. The van der Waals surface area contributed by atoms with Gasteiger partial charge in [0, 0.05) is 4.47 Å². The molecule has 5 heteroatoms. The third-order valence-corrected chi connectivity index (χ3v) is 5.22. The Balaban J connectivity index is 2.59. The van der Waals surface area contributed by atoms with E-state index in [1.165, 1.54) is 12.8 Å². The van der Waals surface area contributed by atoms with Crippen LogP contribution in [0.2, 0.25) is 0 Å². The smallest absolute Gasteiger partial charge is 0.323 e. The molecular formula is C21H31BrO4. The number of hydrogen-bond donors (Lipinski definition) is 0. The van der Waals surface area contributed by atoms with E-state index >= 15 is 0 Å². The molecule has 0 bridgehead atoms. The van der Waals surface area contributed by atoms with Crippen LogP contribution in [0.1, 0.15) is 71.3 Å². The highest BCUT2D eigenvalue weighted by atomic mass is 79.9. The summed E-state index contributed by atoms with van der Waals surface area (Å²) in [7, 11) is 0. The van der Waals surface area contributed by atoms with Crippen molar-refractivity contribution in [3.8, 4) is 0 Å². The number of hydrogen-bond acceptors (Lipinski definition) is 4. The van der Waals surface area contributed by atoms with E-state index in [1.54, 1.807) is 0 Å². The van der Waals surface area contributed by atoms with Gasteiger partial charge in [-0.05, 0) is 37.0 Å². The summed E-state index contributed by atoms with van der Waals surface area (Å²) in [6.07, 6.45) is 6.14. The van der Waals surface area contributed by atoms with E-state index in [0.717, 1.165) is 29.3 Å². The molecule has 0 saturated heterocycles. The van der Waals surface area contributed by atoms with Gasteiger partial charge in [-0.3, -0.25) is 9.59 Å². The molecule has 0 N–H and O–H groups in total. The number of rotatable bonds is 12. The summed E-state index contributed by atoms with van der Waals surface area (Å²) >= 11 is 3.40. The molecule has 1 rings (SSSR count). The molecule has 0 atom stereocenters. The summed E-state index contributed by atoms with van der Waals surface area (Å²) in [6.45, 7) is 6.32. The summed E-state index contributed by atoms with van der Waals surface area (Å²) in [4.78, 5) is 25.3. The number of carbonyl (C=O) groups excluding carboxylic acids is 2. The largest absolute Gasteiger partial charge is 0.465 e. The second-order valence-corrected chi connectivity index (χ2v) is 7.46. The number of halogens is 1. The minimum absolute atomic E-state index is 0.143. The Bertz CT molecular complexity index is 567. The van der Waals surface area contributed by atoms with E-state index in [4.69, 9.17) is 9.47 Å². The Morgan fingerprint density at radius 1 is 0.962 bits per heavy atom. The summed E-state index contributed by atoms with van der Waals surface area (Å²) in [5.74, 6) is -0.962. The van der Waals surface area contributed by atoms with Crippen molar-refractivity contribution in [3.63, 3.8) is 0 Å². The standard InChI is InChI=1S/C21H31BrO4/c1-4-7-8-9-10-14-25-19(23)21(5-2,6-3)20(24)26-16-17-12-11-13-18(22)15-17/h11-13,15H,4-10,14,16H2,1-3H3. The van der Waals surface area contributed by atoms with Crippen molar-refractivity contribution in [3.05, 3.63) is 34.3 Å². The van der Waals surface area contributed by atoms with Gasteiger partial charge in [0.05, 0.1) is 6.61 Å². The molecule has 0 saturated carbocycles. The Hall–Kier alpha value is -1.36. The lowest BCUT2D eigenvalue weighted by atomic mass is 9.82. The zero-order valence-corrected chi connectivity index (χ0v) is 17.8. The zero-order valence-electron chi connectivity index (χ0n) is 16.2. The maximum atomic E-state index is 12.7. The van der Waals surface area contributed by atoms with Crippen LogP contribution in [0.5, 0.6) is 0 Å². The van der Waals surface area contributed by atoms with Crippen LogP contribution >= 0.6 is 15.9 Å². The van der Waals surface area contributed by atoms with Crippen LogP contribution in [0.25, 0.3) is 0 Å². The van der Waals surface area contributed by atoms with Gasteiger partial charge in [0.2, 0.25) is 0 Å². The highest BCUT2D eigenvalue weighted by molar-refractivity contribution is 9.10. The fourth-order valence-corrected chi connectivity index (χ4v) is 3.28. The maximum absolute atomic E-state index is 12.7. The van der Waals surface area contributed by atoms with Crippen molar-refractivity contribution >= 4 is 27.9 Å². The fraction of sp³-hybridized carbons (Fsp3) is 0.619. The van der Waals surface area contributed by atoms with E-state index in [-0.39, 0.29) is 6.61 Å². The lowest BCUT2D eigenvalue weighted by Gasteiger charge is -2.27. The average molecular weight is 427 g/mol. The lowest BCUT2D eigenvalue weighted by molar-refractivity contribution is -0.174. The molecule has 0 unspecified atom stereocenters. The van der Waals surface area contributed by atoms with Crippen LogP contribution < -0.4 is 0 Å². The van der Waals surface area contributed by atoms with Gasteiger partial charge in [0.15, 0.2) is 5.41 Å². The van der Waals surface area contributed by atoms with Gasteiger partial charge < -0.3 is 9.47 Å². The quantitative estimate of drug-likeness (QED) is 0.240. The minimum atomic E-state index is -1.21. The molecule has 1 aromatic carbocycles. The summed E-state index contributed by atoms with van der Waals surface area (Å²) < 4.78 is 11.8. The molecule has 4 nitrogen and oxygen atoms in total. The molecule has 0 fully saturated rings. The summed E-state index contributed by atoms with van der Waals surface area (Å²) in [6, 6.07) is 7.56. The third-order valence-electron chi connectivity index (χ3n) is 4.73. The molecule has 26 heavy (non-hydrogen) atoms. The first-order chi connectivity index (χ1) is 12.5. The highest BCUT2D eigenvalue weighted by Gasteiger charge is 2.45. The predicted octanol–water partition coefficient (Wildman–Crippen LogP) is 5.81. The first-order valence-electron chi connectivity index (χ1n) is 9.59. The lowest BCUT2D eigenvalue weighted by Crippen LogP contribution is -2.41. The number of unbranched alkanes of at least 4 members (excludes halogenated alkanes) is 4. The average Bonchev–Trinajstić information content (AvgIpc) is 2.64. The van der Waals surface area contributed by atoms with Crippen molar-refractivity contribution in [1.82, 2.24) is 0 Å². The Morgan fingerprint density at radius 2 is 1.62 bits per heavy atom. The first-order valence-corrected chi connectivity index (χ1v) is 10.4. The van der Waals surface area contributed by atoms with Crippen LogP contribution in [0, 0.1) is 5.41 Å². The van der Waals surface area contributed by atoms with E-state index in [1.807, 2.05) is 38.1 Å². The van der Waals surface area contributed by atoms with E-state index in [0.29, 0.717) is 19.4 Å². The van der Waals surface area contributed by atoms with Gasteiger partial charge in [0.1, 0.15) is 6.61 Å². The van der Waals surface area contributed by atoms with E-state index in [9.17, 15) is 9.59 Å². The number of benzene rings is 1. The Labute approximate surface area is 165 Å². The molecule has 0 spiro atoms.